The van der Waals surface area contributed by atoms with Crippen LogP contribution >= 0.6 is 0 Å². The van der Waals surface area contributed by atoms with Gasteiger partial charge in [-0.1, -0.05) is 13.0 Å². The lowest BCUT2D eigenvalue weighted by Crippen LogP contribution is -2.47. The summed E-state index contributed by atoms with van der Waals surface area (Å²) in [5.74, 6) is -7.69. The van der Waals surface area contributed by atoms with Crippen LogP contribution in [-0.2, 0) is 9.53 Å². The van der Waals surface area contributed by atoms with Crippen molar-refractivity contribution in [2.45, 2.75) is 63.0 Å². The second-order valence-corrected chi connectivity index (χ2v) is 9.19. The number of nitrogens with zero attached hydrogens (tertiary/aromatic N) is 1. The molecule has 1 aliphatic carbocycles. The maximum atomic E-state index is 14.9. The number of pyridine rings is 1. The highest BCUT2D eigenvalue weighted by Gasteiger charge is 2.66. The fraction of sp³-hybridized carbons (Fsp3) is 0.458. The van der Waals surface area contributed by atoms with Gasteiger partial charge in [0.05, 0.1) is 6.10 Å². The Morgan fingerprint density at radius 2 is 1.92 bits per heavy atom. The third-order valence-corrected chi connectivity index (χ3v) is 6.98. The van der Waals surface area contributed by atoms with Crippen molar-refractivity contribution in [1.29, 1.82) is 0 Å². The second-order valence-electron chi connectivity index (χ2n) is 9.19. The van der Waals surface area contributed by atoms with Crippen LogP contribution in [0, 0.1) is 17.6 Å². The van der Waals surface area contributed by atoms with Crippen LogP contribution < -0.4 is 15.8 Å². The molecular formula is C24H24F5N3O4. The van der Waals surface area contributed by atoms with Crippen LogP contribution in [0.2, 0.25) is 0 Å². The van der Waals surface area contributed by atoms with Gasteiger partial charge in [-0.3, -0.25) is 14.6 Å². The molecule has 2 aromatic rings. The summed E-state index contributed by atoms with van der Waals surface area (Å²) in [6.45, 7) is 2.04. The van der Waals surface area contributed by atoms with Crippen LogP contribution in [0.1, 0.15) is 55.1 Å². The quantitative estimate of drug-likeness (QED) is 0.555. The summed E-state index contributed by atoms with van der Waals surface area (Å²) in [6.07, 6.45) is -3.89. The molecule has 2 heterocycles. The van der Waals surface area contributed by atoms with Crippen molar-refractivity contribution in [2.75, 3.05) is 5.32 Å². The Hall–Kier alpha value is -3.28. The molecule has 1 aromatic heterocycles. The second kappa shape index (κ2) is 9.30. The molecule has 0 radical (unpaired) electrons. The molecule has 0 bridgehead atoms. The van der Waals surface area contributed by atoms with Crippen LogP contribution in [0.3, 0.4) is 0 Å². The predicted molar refractivity (Wildman–Crippen MR) is 117 cm³/mol. The number of carbonyl (C=O) groups is 2. The Bertz CT molecular complexity index is 1190. The number of primary amides is 1. The average molecular weight is 513 g/mol. The minimum absolute atomic E-state index is 0.0376. The standard InChI is InChI=1S/C24H24F5N3O4/c1-11-17(14-6-7-15(25)18(26)19(14)35-13-4-3-5-13)20(36-23(11,2)24(27,28)29)22(34)32-12-8-9-31-16(10-12)21(30)33/h6-11,13,17,20H,3-5H2,1-2H3,(H2,30,33)(H,31,32,34)/t11-,17-,20-,23+/m0/s1. The number of nitrogens with two attached hydrogens (primary N) is 1. The van der Waals surface area contributed by atoms with Crippen molar-refractivity contribution in [2.24, 2.45) is 11.7 Å². The summed E-state index contributed by atoms with van der Waals surface area (Å²) in [5, 5.41) is 2.41. The van der Waals surface area contributed by atoms with Gasteiger partial charge in [-0.05, 0) is 44.4 Å². The first-order valence-electron chi connectivity index (χ1n) is 11.3. The van der Waals surface area contributed by atoms with E-state index in [4.69, 9.17) is 15.2 Å². The van der Waals surface area contributed by atoms with Crippen molar-refractivity contribution < 1.29 is 41.0 Å². The van der Waals surface area contributed by atoms with E-state index in [1.165, 1.54) is 19.2 Å². The Kier molecular flexibility index (Phi) is 6.67. The van der Waals surface area contributed by atoms with Gasteiger partial charge in [-0.15, -0.1) is 0 Å². The number of rotatable bonds is 6. The number of amides is 2. The maximum absolute atomic E-state index is 14.9. The highest BCUT2D eigenvalue weighted by Crippen LogP contribution is 2.55. The van der Waals surface area contributed by atoms with Crippen molar-refractivity contribution in [3.63, 3.8) is 0 Å². The summed E-state index contributed by atoms with van der Waals surface area (Å²) in [4.78, 5) is 28.4. The molecule has 1 aromatic carbocycles. The Balaban J connectivity index is 1.76. The molecule has 3 N–H and O–H groups in total. The number of ether oxygens (including phenoxy) is 2. The molecule has 0 unspecified atom stereocenters. The van der Waals surface area contributed by atoms with Gasteiger partial charge >= 0.3 is 6.18 Å². The first-order valence-corrected chi connectivity index (χ1v) is 11.3. The molecule has 1 aliphatic heterocycles. The number of halogens is 5. The van der Waals surface area contributed by atoms with Gasteiger partial charge < -0.3 is 20.5 Å². The van der Waals surface area contributed by atoms with Gasteiger partial charge in [0.25, 0.3) is 11.8 Å². The zero-order valence-corrected chi connectivity index (χ0v) is 19.4. The van der Waals surface area contributed by atoms with E-state index < -0.39 is 65.0 Å². The lowest BCUT2D eigenvalue weighted by atomic mass is 9.76. The monoisotopic (exact) mass is 513 g/mol. The molecule has 2 amide bonds. The smallest absolute Gasteiger partial charge is 0.417 e. The number of aromatic nitrogens is 1. The van der Waals surface area contributed by atoms with Gasteiger partial charge in [0.15, 0.2) is 17.2 Å². The van der Waals surface area contributed by atoms with Gasteiger partial charge in [0.1, 0.15) is 11.8 Å². The third kappa shape index (κ3) is 4.49. The van der Waals surface area contributed by atoms with Crippen molar-refractivity contribution in [3.05, 3.63) is 53.4 Å². The molecule has 12 heteroatoms. The summed E-state index contributed by atoms with van der Waals surface area (Å²) in [5.41, 5.74) is 2.16. The van der Waals surface area contributed by atoms with Gasteiger partial charge in [-0.2, -0.15) is 17.6 Å². The average Bonchev–Trinajstić information content (AvgIpc) is 3.05. The van der Waals surface area contributed by atoms with Crippen LogP contribution in [-0.4, -0.2) is 40.8 Å². The Labute approximate surface area is 203 Å². The van der Waals surface area contributed by atoms with Crippen molar-refractivity contribution in [3.8, 4) is 5.75 Å². The van der Waals surface area contributed by atoms with E-state index in [1.807, 2.05) is 0 Å². The van der Waals surface area contributed by atoms with Crippen LogP contribution in [0.5, 0.6) is 5.75 Å². The predicted octanol–water partition coefficient (Wildman–Crippen LogP) is 4.47. The Morgan fingerprint density at radius 1 is 1.22 bits per heavy atom. The molecule has 7 nitrogen and oxygen atoms in total. The zero-order valence-electron chi connectivity index (χ0n) is 19.4. The topological polar surface area (TPSA) is 104 Å². The molecule has 194 valence electrons. The van der Waals surface area contributed by atoms with Gasteiger partial charge in [-0.25, -0.2) is 4.39 Å². The van der Waals surface area contributed by atoms with E-state index in [0.717, 1.165) is 31.5 Å². The van der Waals surface area contributed by atoms with E-state index in [-0.39, 0.29) is 16.9 Å². The summed E-state index contributed by atoms with van der Waals surface area (Å²) >= 11 is 0. The molecule has 4 rings (SSSR count). The SMILES string of the molecule is C[C@H]1[C@@H](c2ccc(F)c(F)c2OC2CCC2)[C@@H](C(=O)Nc2ccnc(C(N)=O)c2)O[C@@]1(C)C(F)(F)F. The first-order chi connectivity index (χ1) is 16.8. The van der Waals surface area contributed by atoms with Crippen LogP contribution in [0.15, 0.2) is 30.5 Å². The minimum Gasteiger partial charge on any atom is -0.487 e. The molecule has 2 fully saturated rings. The fourth-order valence-electron chi connectivity index (χ4n) is 4.46. The van der Waals surface area contributed by atoms with Crippen molar-refractivity contribution >= 4 is 17.5 Å². The van der Waals surface area contributed by atoms with Crippen molar-refractivity contribution in [1.82, 2.24) is 4.98 Å². The zero-order chi connectivity index (χ0) is 26.4. The molecule has 2 aliphatic rings. The number of anilines is 1. The number of hydrogen-bond acceptors (Lipinski definition) is 5. The number of nitrogens with one attached hydrogen (secondary N) is 1. The number of alkyl halides is 3. The first kappa shape index (κ1) is 25.8. The third-order valence-electron chi connectivity index (χ3n) is 6.98. The molecular weight excluding hydrogens is 489 g/mol. The molecule has 0 spiro atoms. The highest BCUT2D eigenvalue weighted by molar-refractivity contribution is 5.97. The van der Waals surface area contributed by atoms with E-state index in [1.54, 1.807) is 0 Å². The van der Waals surface area contributed by atoms with E-state index in [9.17, 15) is 31.5 Å². The van der Waals surface area contributed by atoms with Crippen LogP contribution in [0.4, 0.5) is 27.6 Å². The highest BCUT2D eigenvalue weighted by atomic mass is 19.4. The van der Waals surface area contributed by atoms with Gasteiger partial charge in [0, 0.05) is 29.3 Å². The summed E-state index contributed by atoms with van der Waals surface area (Å²) in [6, 6.07) is 4.37. The normalized spacial score (nSPS) is 26.4. The maximum Gasteiger partial charge on any atom is 0.417 e. The molecule has 1 saturated carbocycles. The lowest BCUT2D eigenvalue weighted by molar-refractivity contribution is -0.272. The largest absolute Gasteiger partial charge is 0.487 e. The fourth-order valence-corrected chi connectivity index (χ4v) is 4.46. The molecule has 4 atom stereocenters. The number of benzene rings is 1. The van der Waals surface area contributed by atoms with Crippen LogP contribution in [0.25, 0.3) is 0 Å². The minimum atomic E-state index is -4.89. The van der Waals surface area contributed by atoms with E-state index in [2.05, 4.69) is 10.3 Å². The van der Waals surface area contributed by atoms with E-state index >= 15 is 0 Å². The summed E-state index contributed by atoms with van der Waals surface area (Å²) in [7, 11) is 0. The molecule has 36 heavy (non-hydrogen) atoms. The summed E-state index contributed by atoms with van der Waals surface area (Å²) < 4.78 is 82.4. The Morgan fingerprint density at radius 3 is 2.50 bits per heavy atom. The van der Waals surface area contributed by atoms with Gasteiger partial charge in [0.2, 0.25) is 5.82 Å². The lowest BCUT2D eigenvalue weighted by Gasteiger charge is -2.32. The number of hydrogen-bond donors (Lipinski definition) is 2. The van der Waals surface area contributed by atoms with E-state index in [0.29, 0.717) is 12.8 Å². The molecule has 1 saturated heterocycles. The number of carbonyl (C=O) groups excluding carboxylic acids is 2.